The number of hydrogen-bond acceptors (Lipinski definition) is 4. The molecule has 1 saturated heterocycles. The van der Waals surface area contributed by atoms with Crippen LogP contribution in [0.3, 0.4) is 0 Å². The molecule has 0 amide bonds. The molecule has 2 rings (SSSR count). The molecule has 0 spiro atoms. The van der Waals surface area contributed by atoms with Crippen LogP contribution in [0.15, 0.2) is 6.20 Å². The highest BCUT2D eigenvalue weighted by molar-refractivity contribution is 5.83. The Balaban J connectivity index is 2.12. The topological polar surface area (TPSA) is 51.2 Å². The van der Waals surface area contributed by atoms with Crippen LogP contribution in [-0.4, -0.2) is 31.0 Å². The van der Waals surface area contributed by atoms with E-state index in [1.807, 2.05) is 13.8 Å². The van der Waals surface area contributed by atoms with Crippen LogP contribution in [0.4, 0.5) is 0 Å². The number of rotatable bonds is 4. The van der Waals surface area contributed by atoms with Gasteiger partial charge in [0.05, 0.1) is 12.8 Å². The summed E-state index contributed by atoms with van der Waals surface area (Å²) in [4.78, 5) is 16.7. The van der Waals surface area contributed by atoms with Crippen LogP contribution in [0.5, 0.6) is 5.75 Å². The molecule has 1 aromatic heterocycles. The Morgan fingerprint density at radius 2 is 2.11 bits per heavy atom. The van der Waals surface area contributed by atoms with Crippen molar-refractivity contribution in [1.29, 1.82) is 0 Å². The molecule has 0 saturated carbocycles. The quantitative estimate of drug-likeness (QED) is 0.899. The number of carbonyl (C=O) groups is 1. The van der Waals surface area contributed by atoms with Gasteiger partial charge in [0.1, 0.15) is 11.5 Å². The smallest absolute Gasteiger partial charge is 0.142 e. The summed E-state index contributed by atoms with van der Waals surface area (Å²) in [6, 6.07) is 0. The van der Waals surface area contributed by atoms with Crippen molar-refractivity contribution in [1.82, 2.24) is 10.3 Å². The zero-order valence-corrected chi connectivity index (χ0v) is 12.0. The highest BCUT2D eigenvalue weighted by Gasteiger charge is 2.22. The van der Waals surface area contributed by atoms with Crippen LogP contribution in [-0.2, 0) is 11.2 Å². The van der Waals surface area contributed by atoms with Gasteiger partial charge in [-0.1, -0.05) is 0 Å². The number of nitrogens with one attached hydrogen (secondary N) is 1. The first-order valence-electron chi connectivity index (χ1n) is 6.86. The molecule has 0 atom stereocenters. The second-order valence-electron chi connectivity index (χ2n) is 5.21. The molecule has 4 nitrogen and oxygen atoms in total. The summed E-state index contributed by atoms with van der Waals surface area (Å²) in [7, 11) is 1.66. The summed E-state index contributed by atoms with van der Waals surface area (Å²) >= 11 is 0. The number of nitrogens with zero attached hydrogens (tertiary/aromatic N) is 1. The number of ketones is 1. The van der Waals surface area contributed by atoms with E-state index in [1.165, 1.54) is 0 Å². The zero-order valence-electron chi connectivity index (χ0n) is 12.0. The van der Waals surface area contributed by atoms with E-state index in [1.54, 1.807) is 13.3 Å². The summed E-state index contributed by atoms with van der Waals surface area (Å²) in [6.45, 7) is 5.83. The van der Waals surface area contributed by atoms with E-state index in [-0.39, 0.29) is 5.92 Å². The number of hydrogen-bond donors (Lipinski definition) is 1. The van der Waals surface area contributed by atoms with Crippen molar-refractivity contribution >= 4 is 5.78 Å². The fourth-order valence-electron chi connectivity index (χ4n) is 2.70. The van der Waals surface area contributed by atoms with E-state index in [0.29, 0.717) is 12.2 Å². The predicted molar refractivity (Wildman–Crippen MR) is 74.6 cm³/mol. The van der Waals surface area contributed by atoms with Crippen molar-refractivity contribution in [2.45, 2.75) is 33.1 Å². The average molecular weight is 262 g/mol. The van der Waals surface area contributed by atoms with Crippen LogP contribution in [0, 0.1) is 19.8 Å². The summed E-state index contributed by atoms with van der Waals surface area (Å²) in [6.07, 6.45) is 4.10. The van der Waals surface area contributed by atoms with E-state index < -0.39 is 0 Å². The lowest BCUT2D eigenvalue weighted by Crippen LogP contribution is -2.32. The van der Waals surface area contributed by atoms with E-state index in [2.05, 4.69) is 10.3 Å². The SMILES string of the molecule is COc1c(C)cnc(CC(=O)C2CCNCC2)c1C. The molecule has 1 aromatic rings. The fourth-order valence-corrected chi connectivity index (χ4v) is 2.70. The van der Waals surface area contributed by atoms with Gasteiger partial charge in [0.15, 0.2) is 0 Å². The van der Waals surface area contributed by atoms with Crippen LogP contribution in [0.2, 0.25) is 0 Å². The van der Waals surface area contributed by atoms with Crippen LogP contribution < -0.4 is 10.1 Å². The van der Waals surface area contributed by atoms with Gasteiger partial charge >= 0.3 is 0 Å². The first kappa shape index (κ1) is 14.0. The number of piperidine rings is 1. The Kier molecular flexibility index (Phi) is 4.53. The highest BCUT2D eigenvalue weighted by atomic mass is 16.5. The molecule has 1 aliphatic rings. The molecule has 0 bridgehead atoms. The lowest BCUT2D eigenvalue weighted by molar-refractivity contribution is -0.123. The van der Waals surface area contributed by atoms with E-state index in [0.717, 1.165) is 48.5 Å². The number of aryl methyl sites for hydroxylation is 1. The van der Waals surface area contributed by atoms with Crippen molar-refractivity contribution in [3.8, 4) is 5.75 Å². The summed E-state index contributed by atoms with van der Waals surface area (Å²) in [5, 5.41) is 3.28. The molecule has 1 N–H and O–H groups in total. The molecular formula is C15H22N2O2. The number of pyridine rings is 1. The van der Waals surface area contributed by atoms with E-state index in [9.17, 15) is 4.79 Å². The van der Waals surface area contributed by atoms with Crippen molar-refractivity contribution in [3.05, 3.63) is 23.0 Å². The molecule has 2 heterocycles. The molecule has 4 heteroatoms. The average Bonchev–Trinajstić information content (AvgIpc) is 2.43. The number of ether oxygens (including phenoxy) is 1. The minimum absolute atomic E-state index is 0.190. The number of Topliss-reactive ketones (excluding diaryl/α,β-unsaturated/α-hetero) is 1. The molecule has 1 aliphatic heterocycles. The molecule has 0 aliphatic carbocycles. The van der Waals surface area contributed by atoms with Gasteiger partial charge in [0, 0.05) is 29.7 Å². The molecule has 0 aromatic carbocycles. The monoisotopic (exact) mass is 262 g/mol. The minimum Gasteiger partial charge on any atom is -0.496 e. The van der Waals surface area contributed by atoms with Gasteiger partial charge < -0.3 is 10.1 Å². The first-order valence-corrected chi connectivity index (χ1v) is 6.86. The van der Waals surface area contributed by atoms with Gasteiger partial charge in [-0.05, 0) is 39.8 Å². The van der Waals surface area contributed by atoms with Gasteiger partial charge in [-0.3, -0.25) is 9.78 Å². The van der Waals surface area contributed by atoms with Gasteiger partial charge in [0.25, 0.3) is 0 Å². The molecule has 0 radical (unpaired) electrons. The third-order valence-corrected chi connectivity index (χ3v) is 3.89. The standard InChI is InChI=1S/C15H22N2O2/c1-10-9-17-13(11(2)15(10)19-3)8-14(18)12-4-6-16-7-5-12/h9,12,16H,4-8H2,1-3H3. The Morgan fingerprint density at radius 1 is 1.42 bits per heavy atom. The molecule has 19 heavy (non-hydrogen) atoms. The fraction of sp³-hybridized carbons (Fsp3) is 0.600. The normalized spacial score (nSPS) is 16.4. The Hall–Kier alpha value is -1.42. The number of carbonyl (C=O) groups excluding carboxylic acids is 1. The van der Waals surface area contributed by atoms with Gasteiger partial charge in [-0.2, -0.15) is 0 Å². The summed E-state index contributed by atoms with van der Waals surface area (Å²) < 4.78 is 5.38. The summed E-state index contributed by atoms with van der Waals surface area (Å²) in [5.74, 6) is 1.35. The maximum atomic E-state index is 12.3. The maximum Gasteiger partial charge on any atom is 0.142 e. The Morgan fingerprint density at radius 3 is 2.74 bits per heavy atom. The summed E-state index contributed by atoms with van der Waals surface area (Å²) in [5.41, 5.74) is 2.86. The lowest BCUT2D eigenvalue weighted by atomic mass is 9.90. The van der Waals surface area contributed by atoms with Crippen LogP contribution >= 0.6 is 0 Å². The first-order chi connectivity index (χ1) is 9.13. The van der Waals surface area contributed by atoms with Gasteiger partial charge in [-0.15, -0.1) is 0 Å². The van der Waals surface area contributed by atoms with Crippen molar-refractivity contribution in [2.24, 2.45) is 5.92 Å². The third-order valence-electron chi connectivity index (χ3n) is 3.89. The zero-order chi connectivity index (χ0) is 13.8. The number of methoxy groups -OCH3 is 1. The van der Waals surface area contributed by atoms with Crippen molar-refractivity contribution in [2.75, 3.05) is 20.2 Å². The third kappa shape index (κ3) is 3.13. The largest absolute Gasteiger partial charge is 0.496 e. The molecule has 0 unspecified atom stereocenters. The van der Waals surface area contributed by atoms with Crippen LogP contribution in [0.1, 0.15) is 29.7 Å². The van der Waals surface area contributed by atoms with Crippen molar-refractivity contribution < 1.29 is 9.53 Å². The maximum absolute atomic E-state index is 12.3. The second-order valence-corrected chi connectivity index (χ2v) is 5.21. The highest BCUT2D eigenvalue weighted by Crippen LogP contribution is 2.25. The molecule has 104 valence electrons. The Labute approximate surface area is 114 Å². The molecule has 1 fully saturated rings. The van der Waals surface area contributed by atoms with E-state index >= 15 is 0 Å². The van der Waals surface area contributed by atoms with Crippen molar-refractivity contribution in [3.63, 3.8) is 0 Å². The predicted octanol–water partition coefficient (Wildman–Crippen LogP) is 1.82. The van der Waals surface area contributed by atoms with Gasteiger partial charge in [0.2, 0.25) is 0 Å². The van der Waals surface area contributed by atoms with Gasteiger partial charge in [-0.25, -0.2) is 0 Å². The molecular weight excluding hydrogens is 240 g/mol. The lowest BCUT2D eigenvalue weighted by Gasteiger charge is -2.21. The van der Waals surface area contributed by atoms with Crippen LogP contribution in [0.25, 0.3) is 0 Å². The minimum atomic E-state index is 0.190. The second kappa shape index (κ2) is 6.15. The number of aromatic nitrogens is 1. The van der Waals surface area contributed by atoms with E-state index in [4.69, 9.17) is 4.74 Å². The Bertz CT molecular complexity index is 465.